The summed E-state index contributed by atoms with van der Waals surface area (Å²) in [6.07, 6.45) is 3.01. The lowest BCUT2D eigenvalue weighted by Crippen LogP contribution is -2.41. The Bertz CT molecular complexity index is 426. The average Bonchev–Trinajstić information content (AvgIpc) is 2.81. The van der Waals surface area contributed by atoms with Gasteiger partial charge in [0.2, 0.25) is 5.91 Å². The normalized spacial score (nSPS) is 18.2. The number of hydrogen-bond acceptors (Lipinski definition) is 2. The molecule has 1 aliphatic rings. The molecule has 1 amide bonds. The number of likely N-dealkylation sites (tertiary alicyclic amines) is 1. The van der Waals surface area contributed by atoms with E-state index in [2.05, 4.69) is 5.32 Å². The Morgan fingerprint density at radius 1 is 1.47 bits per heavy atom. The number of nitrogens with zero attached hydrogens (tertiary/aromatic N) is 1. The lowest BCUT2D eigenvalue weighted by atomic mass is 10.0. The molecular weight excluding hydrogens is 283 g/mol. The predicted octanol–water partition coefficient (Wildman–Crippen LogP) is 2.51. The van der Waals surface area contributed by atoms with E-state index in [0.29, 0.717) is 12.6 Å². The molecule has 0 aromatic heterocycles. The summed E-state index contributed by atoms with van der Waals surface area (Å²) < 4.78 is 0. The number of benzene rings is 1. The van der Waals surface area contributed by atoms with Crippen molar-refractivity contribution < 1.29 is 4.79 Å². The van der Waals surface area contributed by atoms with Crippen LogP contribution in [0.2, 0.25) is 5.02 Å². The first-order valence-electron chi connectivity index (χ1n) is 6.40. The highest BCUT2D eigenvalue weighted by molar-refractivity contribution is 6.31. The van der Waals surface area contributed by atoms with Gasteiger partial charge in [0.1, 0.15) is 0 Å². The van der Waals surface area contributed by atoms with Crippen LogP contribution >= 0.6 is 24.0 Å². The molecule has 1 unspecified atom stereocenters. The molecule has 1 fully saturated rings. The van der Waals surface area contributed by atoms with E-state index in [0.717, 1.165) is 36.4 Å². The Hall–Kier alpha value is -0.770. The Balaban J connectivity index is 0.00000180. The van der Waals surface area contributed by atoms with Crippen LogP contribution in [0.4, 0.5) is 0 Å². The van der Waals surface area contributed by atoms with Gasteiger partial charge in [0, 0.05) is 17.6 Å². The first-order valence-corrected chi connectivity index (χ1v) is 6.77. The lowest BCUT2D eigenvalue weighted by Gasteiger charge is -2.25. The van der Waals surface area contributed by atoms with Crippen molar-refractivity contribution in [3.8, 4) is 0 Å². The minimum Gasteiger partial charge on any atom is -0.338 e. The van der Waals surface area contributed by atoms with Gasteiger partial charge in [-0.1, -0.05) is 29.8 Å². The van der Waals surface area contributed by atoms with Gasteiger partial charge in [0.25, 0.3) is 0 Å². The zero-order valence-electron chi connectivity index (χ0n) is 11.1. The maximum Gasteiger partial charge on any atom is 0.236 e. The Labute approximate surface area is 125 Å². The molecular formula is C14H20Cl2N2O. The van der Waals surface area contributed by atoms with Gasteiger partial charge < -0.3 is 10.2 Å². The standard InChI is InChI=1S/C14H19ClN2O.ClH/c1-16-10-14(18)17-8-4-6-12(17)9-11-5-2-3-7-13(11)15;/h2-3,5,7,12,16H,4,6,8-10H2,1H3;1H. The van der Waals surface area contributed by atoms with Gasteiger partial charge in [0.05, 0.1) is 6.54 Å². The van der Waals surface area contributed by atoms with Crippen molar-refractivity contribution >= 4 is 29.9 Å². The number of halogens is 2. The van der Waals surface area contributed by atoms with Crippen LogP contribution in [-0.4, -0.2) is 37.0 Å². The second kappa shape index (κ2) is 7.73. The van der Waals surface area contributed by atoms with E-state index < -0.39 is 0 Å². The fraction of sp³-hybridized carbons (Fsp3) is 0.500. The van der Waals surface area contributed by atoms with Gasteiger partial charge in [-0.3, -0.25) is 4.79 Å². The molecule has 1 aromatic rings. The van der Waals surface area contributed by atoms with Crippen LogP contribution in [0.25, 0.3) is 0 Å². The molecule has 1 saturated heterocycles. The fourth-order valence-corrected chi connectivity index (χ4v) is 2.76. The average molecular weight is 303 g/mol. The van der Waals surface area contributed by atoms with Crippen molar-refractivity contribution in [1.82, 2.24) is 10.2 Å². The van der Waals surface area contributed by atoms with Crippen LogP contribution < -0.4 is 5.32 Å². The van der Waals surface area contributed by atoms with Gasteiger partial charge in [0.15, 0.2) is 0 Å². The van der Waals surface area contributed by atoms with E-state index in [1.54, 1.807) is 7.05 Å². The van der Waals surface area contributed by atoms with E-state index in [-0.39, 0.29) is 18.3 Å². The largest absolute Gasteiger partial charge is 0.338 e. The SMILES string of the molecule is CNCC(=O)N1CCCC1Cc1ccccc1Cl.Cl. The van der Waals surface area contributed by atoms with E-state index >= 15 is 0 Å². The summed E-state index contributed by atoms with van der Waals surface area (Å²) in [6.45, 7) is 1.29. The minimum absolute atomic E-state index is 0. The number of amides is 1. The summed E-state index contributed by atoms with van der Waals surface area (Å²) in [6, 6.07) is 8.18. The molecule has 0 saturated carbocycles. The third-order valence-electron chi connectivity index (χ3n) is 3.44. The van der Waals surface area contributed by atoms with Crippen LogP contribution in [0.3, 0.4) is 0 Å². The first-order chi connectivity index (χ1) is 8.72. The van der Waals surface area contributed by atoms with Gasteiger partial charge in [-0.05, 0) is 37.9 Å². The first kappa shape index (κ1) is 16.3. The summed E-state index contributed by atoms with van der Waals surface area (Å²) in [5, 5.41) is 3.72. The Morgan fingerprint density at radius 3 is 2.89 bits per heavy atom. The monoisotopic (exact) mass is 302 g/mol. The number of rotatable bonds is 4. The third-order valence-corrected chi connectivity index (χ3v) is 3.81. The van der Waals surface area contributed by atoms with Crippen molar-refractivity contribution in [2.24, 2.45) is 0 Å². The second-order valence-corrected chi connectivity index (χ2v) is 5.12. The molecule has 3 nitrogen and oxygen atoms in total. The molecule has 1 atom stereocenters. The molecule has 1 aromatic carbocycles. The fourth-order valence-electron chi connectivity index (χ4n) is 2.55. The number of nitrogens with one attached hydrogen (secondary N) is 1. The van der Waals surface area contributed by atoms with Crippen LogP contribution in [0, 0.1) is 0 Å². The zero-order chi connectivity index (χ0) is 13.0. The molecule has 2 rings (SSSR count). The van der Waals surface area contributed by atoms with Crippen LogP contribution in [0.5, 0.6) is 0 Å². The second-order valence-electron chi connectivity index (χ2n) is 4.71. The van der Waals surface area contributed by atoms with Gasteiger partial charge in [-0.25, -0.2) is 0 Å². The van der Waals surface area contributed by atoms with E-state index in [1.165, 1.54) is 0 Å². The van der Waals surface area contributed by atoms with Crippen molar-refractivity contribution in [2.45, 2.75) is 25.3 Å². The lowest BCUT2D eigenvalue weighted by molar-refractivity contribution is -0.130. The summed E-state index contributed by atoms with van der Waals surface area (Å²) in [7, 11) is 1.80. The third kappa shape index (κ3) is 4.10. The molecule has 106 valence electrons. The summed E-state index contributed by atoms with van der Waals surface area (Å²) in [5.41, 5.74) is 1.13. The Morgan fingerprint density at radius 2 is 2.21 bits per heavy atom. The van der Waals surface area contributed by atoms with Gasteiger partial charge >= 0.3 is 0 Å². The maximum atomic E-state index is 12.0. The molecule has 0 spiro atoms. The summed E-state index contributed by atoms with van der Waals surface area (Å²) >= 11 is 6.18. The van der Waals surface area contributed by atoms with Crippen molar-refractivity contribution in [1.29, 1.82) is 0 Å². The summed E-state index contributed by atoms with van der Waals surface area (Å²) in [4.78, 5) is 13.9. The van der Waals surface area contributed by atoms with E-state index in [4.69, 9.17) is 11.6 Å². The van der Waals surface area contributed by atoms with E-state index in [9.17, 15) is 4.79 Å². The van der Waals surface area contributed by atoms with Crippen molar-refractivity contribution in [2.75, 3.05) is 20.1 Å². The molecule has 1 N–H and O–H groups in total. The van der Waals surface area contributed by atoms with E-state index in [1.807, 2.05) is 29.2 Å². The highest BCUT2D eigenvalue weighted by Gasteiger charge is 2.28. The molecule has 1 heterocycles. The Kier molecular flexibility index (Phi) is 6.63. The topological polar surface area (TPSA) is 32.3 Å². The zero-order valence-corrected chi connectivity index (χ0v) is 12.6. The highest BCUT2D eigenvalue weighted by atomic mass is 35.5. The molecule has 0 radical (unpaired) electrons. The molecule has 0 bridgehead atoms. The predicted molar refractivity (Wildman–Crippen MR) is 81.1 cm³/mol. The molecule has 0 aliphatic carbocycles. The highest BCUT2D eigenvalue weighted by Crippen LogP contribution is 2.24. The molecule has 19 heavy (non-hydrogen) atoms. The summed E-state index contributed by atoms with van der Waals surface area (Å²) in [5.74, 6) is 0.187. The number of carbonyl (C=O) groups is 1. The molecule has 1 aliphatic heterocycles. The van der Waals surface area contributed by atoms with Crippen LogP contribution in [0.1, 0.15) is 18.4 Å². The maximum absolute atomic E-state index is 12.0. The van der Waals surface area contributed by atoms with Crippen molar-refractivity contribution in [3.05, 3.63) is 34.9 Å². The molecule has 5 heteroatoms. The quantitative estimate of drug-likeness (QED) is 0.927. The van der Waals surface area contributed by atoms with Crippen LogP contribution in [0.15, 0.2) is 24.3 Å². The van der Waals surface area contributed by atoms with Crippen LogP contribution in [-0.2, 0) is 11.2 Å². The number of carbonyl (C=O) groups excluding carboxylic acids is 1. The van der Waals surface area contributed by atoms with Gasteiger partial charge in [-0.15, -0.1) is 12.4 Å². The number of hydrogen-bond donors (Lipinski definition) is 1. The smallest absolute Gasteiger partial charge is 0.236 e. The number of likely N-dealkylation sites (N-methyl/N-ethyl adjacent to an activating group) is 1. The minimum atomic E-state index is 0. The van der Waals surface area contributed by atoms with Gasteiger partial charge in [-0.2, -0.15) is 0 Å². The van der Waals surface area contributed by atoms with Crippen molar-refractivity contribution in [3.63, 3.8) is 0 Å².